The molecule has 158 valence electrons. The van der Waals surface area contributed by atoms with Gasteiger partial charge in [0, 0.05) is 19.6 Å². The average Bonchev–Trinajstić information content (AvgIpc) is 2.91. The van der Waals surface area contributed by atoms with Gasteiger partial charge in [-0.2, -0.15) is 0 Å². The van der Waals surface area contributed by atoms with Crippen molar-refractivity contribution in [1.29, 1.82) is 0 Å². The molecule has 0 aromatic heterocycles. The molecule has 5 nitrogen and oxygen atoms in total. The summed E-state index contributed by atoms with van der Waals surface area (Å²) in [5, 5.41) is 0. The lowest BCUT2D eigenvalue weighted by Gasteiger charge is -2.37. The third-order valence-corrected chi connectivity index (χ3v) is 5.50. The SMILES string of the molecule is CCCN1C(=O)C(c2ccc(OCC(C)C)cc2)=C(N2CC(C)CC(C)C2)C1=O. The maximum atomic E-state index is 13.2. The highest BCUT2D eigenvalue weighted by Gasteiger charge is 2.42. The number of imide groups is 1. The standard InChI is InChI=1S/C24H34N2O3/c1-6-11-26-23(27)21(19-7-9-20(10-8-19)29-15-16(2)3)22(24(26)28)25-13-17(4)12-18(5)14-25/h7-10,16-18H,6,11-15H2,1-5H3. The van der Waals surface area contributed by atoms with E-state index in [-0.39, 0.29) is 11.8 Å². The lowest BCUT2D eigenvalue weighted by atomic mass is 9.91. The highest BCUT2D eigenvalue weighted by atomic mass is 16.5. The molecule has 0 N–H and O–H groups in total. The summed E-state index contributed by atoms with van der Waals surface area (Å²) in [4.78, 5) is 30.0. The average molecular weight is 399 g/mol. The summed E-state index contributed by atoms with van der Waals surface area (Å²) >= 11 is 0. The van der Waals surface area contributed by atoms with Gasteiger partial charge in [-0.25, -0.2) is 0 Å². The molecule has 5 heteroatoms. The molecule has 2 heterocycles. The first-order valence-corrected chi connectivity index (χ1v) is 10.9. The number of nitrogens with zero attached hydrogens (tertiary/aromatic N) is 2. The smallest absolute Gasteiger partial charge is 0.277 e. The second-order valence-corrected chi connectivity index (χ2v) is 9.07. The maximum Gasteiger partial charge on any atom is 0.277 e. The summed E-state index contributed by atoms with van der Waals surface area (Å²) in [5.41, 5.74) is 1.91. The van der Waals surface area contributed by atoms with E-state index in [0.717, 1.165) is 37.2 Å². The van der Waals surface area contributed by atoms with Crippen LogP contribution in [0.4, 0.5) is 0 Å². The van der Waals surface area contributed by atoms with Crippen molar-refractivity contribution < 1.29 is 14.3 Å². The van der Waals surface area contributed by atoms with E-state index in [1.54, 1.807) is 0 Å². The van der Waals surface area contributed by atoms with Gasteiger partial charge in [0.2, 0.25) is 0 Å². The van der Waals surface area contributed by atoms with E-state index in [1.807, 2.05) is 31.2 Å². The number of hydrogen-bond acceptors (Lipinski definition) is 4. The van der Waals surface area contributed by atoms with Gasteiger partial charge in [-0.05, 0) is 48.3 Å². The minimum absolute atomic E-state index is 0.145. The van der Waals surface area contributed by atoms with E-state index in [9.17, 15) is 9.59 Å². The van der Waals surface area contributed by atoms with Gasteiger partial charge in [-0.15, -0.1) is 0 Å². The maximum absolute atomic E-state index is 13.2. The zero-order chi connectivity index (χ0) is 21.1. The van der Waals surface area contributed by atoms with E-state index >= 15 is 0 Å². The van der Waals surface area contributed by atoms with Crippen LogP contribution >= 0.6 is 0 Å². The highest BCUT2D eigenvalue weighted by Crippen LogP contribution is 2.35. The quantitative estimate of drug-likeness (QED) is 0.646. The van der Waals surface area contributed by atoms with Gasteiger partial charge in [-0.1, -0.05) is 46.8 Å². The van der Waals surface area contributed by atoms with E-state index < -0.39 is 0 Å². The van der Waals surface area contributed by atoms with Crippen LogP contribution in [0.1, 0.15) is 53.0 Å². The van der Waals surface area contributed by atoms with Crippen LogP contribution in [-0.4, -0.2) is 47.9 Å². The zero-order valence-corrected chi connectivity index (χ0v) is 18.4. The highest BCUT2D eigenvalue weighted by molar-refractivity contribution is 6.35. The van der Waals surface area contributed by atoms with Crippen LogP contribution in [0, 0.1) is 17.8 Å². The third-order valence-electron chi connectivity index (χ3n) is 5.50. The van der Waals surface area contributed by atoms with Crippen LogP contribution in [0.2, 0.25) is 0 Å². The molecular formula is C24H34N2O3. The molecule has 2 atom stereocenters. The van der Waals surface area contributed by atoms with Gasteiger partial charge >= 0.3 is 0 Å². The van der Waals surface area contributed by atoms with Crippen molar-refractivity contribution in [2.24, 2.45) is 17.8 Å². The molecular weight excluding hydrogens is 364 g/mol. The zero-order valence-electron chi connectivity index (χ0n) is 18.4. The fourth-order valence-corrected chi connectivity index (χ4v) is 4.37. The molecule has 0 saturated carbocycles. The predicted octanol–water partition coefficient (Wildman–Crippen LogP) is 4.19. The van der Waals surface area contributed by atoms with Crippen LogP contribution in [-0.2, 0) is 9.59 Å². The Balaban J connectivity index is 1.96. The number of carbonyl (C=O) groups is 2. The summed E-state index contributed by atoms with van der Waals surface area (Å²) in [6.07, 6.45) is 1.91. The number of likely N-dealkylation sites (tertiary alicyclic amines) is 1. The molecule has 0 bridgehead atoms. The molecule has 2 amide bonds. The Labute approximate surface area is 174 Å². The lowest BCUT2D eigenvalue weighted by molar-refractivity contribution is -0.137. The van der Waals surface area contributed by atoms with Crippen molar-refractivity contribution in [3.05, 3.63) is 35.5 Å². The summed E-state index contributed by atoms with van der Waals surface area (Å²) in [7, 11) is 0. The monoisotopic (exact) mass is 398 g/mol. The second-order valence-electron chi connectivity index (χ2n) is 9.07. The summed E-state index contributed by atoms with van der Waals surface area (Å²) < 4.78 is 5.78. The van der Waals surface area contributed by atoms with Gasteiger partial charge in [0.15, 0.2) is 0 Å². The summed E-state index contributed by atoms with van der Waals surface area (Å²) in [6.45, 7) is 13.4. The van der Waals surface area contributed by atoms with Gasteiger partial charge in [-0.3, -0.25) is 14.5 Å². The number of benzene rings is 1. The van der Waals surface area contributed by atoms with Crippen molar-refractivity contribution in [3.8, 4) is 5.75 Å². The number of carbonyl (C=O) groups excluding carboxylic acids is 2. The van der Waals surface area contributed by atoms with Crippen LogP contribution < -0.4 is 4.74 Å². The fourth-order valence-electron chi connectivity index (χ4n) is 4.37. The van der Waals surface area contributed by atoms with Gasteiger partial charge in [0.25, 0.3) is 11.8 Å². The van der Waals surface area contributed by atoms with Crippen molar-refractivity contribution in [2.45, 2.75) is 47.5 Å². The normalized spacial score (nSPS) is 22.8. The number of piperidine rings is 1. The molecule has 0 spiro atoms. The largest absolute Gasteiger partial charge is 0.493 e. The van der Waals surface area contributed by atoms with Crippen LogP contribution in [0.3, 0.4) is 0 Å². The summed E-state index contributed by atoms with van der Waals surface area (Å²) in [5.74, 6) is 1.92. The molecule has 2 aliphatic heterocycles. The summed E-state index contributed by atoms with van der Waals surface area (Å²) in [6, 6.07) is 7.60. The molecule has 1 saturated heterocycles. The molecule has 1 fully saturated rings. The predicted molar refractivity (Wildman–Crippen MR) is 115 cm³/mol. The van der Waals surface area contributed by atoms with Crippen molar-refractivity contribution in [3.63, 3.8) is 0 Å². The molecule has 29 heavy (non-hydrogen) atoms. The van der Waals surface area contributed by atoms with Crippen LogP contribution in [0.25, 0.3) is 5.57 Å². The van der Waals surface area contributed by atoms with E-state index in [4.69, 9.17) is 4.74 Å². The molecule has 2 aliphatic rings. The Morgan fingerprint density at radius 3 is 2.21 bits per heavy atom. The number of amides is 2. The molecule has 1 aromatic rings. The Bertz CT molecular complexity index is 772. The van der Waals surface area contributed by atoms with Gasteiger partial charge in [0.05, 0.1) is 12.2 Å². The topological polar surface area (TPSA) is 49.9 Å². The first-order chi connectivity index (χ1) is 13.8. The minimum atomic E-state index is -0.173. The number of ether oxygens (including phenoxy) is 1. The fraction of sp³-hybridized carbons (Fsp3) is 0.583. The minimum Gasteiger partial charge on any atom is -0.493 e. The van der Waals surface area contributed by atoms with Gasteiger partial charge in [0.1, 0.15) is 11.4 Å². The van der Waals surface area contributed by atoms with E-state index in [1.165, 1.54) is 4.90 Å². The van der Waals surface area contributed by atoms with Crippen molar-refractivity contribution >= 4 is 17.4 Å². The molecule has 0 aliphatic carbocycles. The van der Waals surface area contributed by atoms with Crippen molar-refractivity contribution in [1.82, 2.24) is 9.80 Å². The Kier molecular flexibility index (Phi) is 6.66. The van der Waals surface area contributed by atoms with E-state index in [0.29, 0.717) is 42.2 Å². The third kappa shape index (κ3) is 4.65. The molecule has 1 aromatic carbocycles. The Morgan fingerprint density at radius 1 is 1.03 bits per heavy atom. The van der Waals surface area contributed by atoms with Crippen LogP contribution in [0.15, 0.2) is 30.0 Å². The van der Waals surface area contributed by atoms with Gasteiger partial charge < -0.3 is 9.64 Å². The van der Waals surface area contributed by atoms with E-state index in [2.05, 4.69) is 32.6 Å². The Morgan fingerprint density at radius 2 is 1.66 bits per heavy atom. The first kappa shape index (κ1) is 21.4. The first-order valence-electron chi connectivity index (χ1n) is 10.9. The number of hydrogen-bond donors (Lipinski definition) is 0. The lowest BCUT2D eigenvalue weighted by Crippen LogP contribution is -2.42. The number of rotatable bonds is 7. The van der Waals surface area contributed by atoms with Crippen molar-refractivity contribution in [2.75, 3.05) is 26.2 Å². The second kappa shape index (κ2) is 9.02. The molecule has 2 unspecified atom stereocenters. The molecule has 3 rings (SSSR count). The van der Waals surface area contributed by atoms with Crippen LogP contribution in [0.5, 0.6) is 5.75 Å². The molecule has 0 radical (unpaired) electrons. The Hall–Kier alpha value is -2.30.